The van der Waals surface area contributed by atoms with Gasteiger partial charge in [-0.2, -0.15) is 0 Å². The molecule has 1 aromatic carbocycles. The molecule has 1 aliphatic heterocycles. The van der Waals surface area contributed by atoms with E-state index in [0.717, 1.165) is 6.54 Å². The van der Waals surface area contributed by atoms with Gasteiger partial charge in [-0.1, -0.05) is 37.3 Å². The van der Waals surface area contributed by atoms with Gasteiger partial charge in [-0.15, -0.1) is 0 Å². The third-order valence-electron chi connectivity index (χ3n) is 3.17. The molecule has 4 nitrogen and oxygen atoms in total. The van der Waals surface area contributed by atoms with E-state index >= 15 is 0 Å². The van der Waals surface area contributed by atoms with Crippen LogP contribution in [-0.2, 0) is 4.79 Å². The SMILES string of the molecule is CCN1C(c2ccccc2)CC(=O)N1CCN. The van der Waals surface area contributed by atoms with Gasteiger partial charge in [0.25, 0.3) is 0 Å². The molecule has 4 heteroatoms. The maximum Gasteiger partial charge on any atom is 0.238 e. The largest absolute Gasteiger partial charge is 0.329 e. The number of amides is 1. The minimum atomic E-state index is 0.167. The van der Waals surface area contributed by atoms with E-state index in [1.165, 1.54) is 5.56 Å². The topological polar surface area (TPSA) is 49.6 Å². The molecular formula is C13H19N3O. The zero-order valence-corrected chi connectivity index (χ0v) is 10.2. The van der Waals surface area contributed by atoms with Crippen LogP contribution >= 0.6 is 0 Å². The van der Waals surface area contributed by atoms with Crippen molar-refractivity contribution < 1.29 is 4.79 Å². The summed E-state index contributed by atoms with van der Waals surface area (Å²) >= 11 is 0. The third kappa shape index (κ3) is 2.33. The molecule has 1 unspecified atom stereocenters. The van der Waals surface area contributed by atoms with Crippen LogP contribution in [0.4, 0.5) is 0 Å². The summed E-state index contributed by atoms with van der Waals surface area (Å²) in [5.41, 5.74) is 6.75. The number of carbonyl (C=O) groups excluding carboxylic acids is 1. The predicted molar refractivity (Wildman–Crippen MR) is 66.9 cm³/mol. The van der Waals surface area contributed by atoms with Gasteiger partial charge in [0.15, 0.2) is 0 Å². The van der Waals surface area contributed by atoms with Crippen molar-refractivity contribution in [3.63, 3.8) is 0 Å². The Morgan fingerprint density at radius 2 is 2.06 bits per heavy atom. The van der Waals surface area contributed by atoms with Crippen LogP contribution in [0.2, 0.25) is 0 Å². The summed E-state index contributed by atoms with van der Waals surface area (Å²) in [6.45, 7) is 4.00. The number of hydrazine groups is 1. The lowest BCUT2D eigenvalue weighted by molar-refractivity contribution is -0.138. The fourth-order valence-corrected chi connectivity index (χ4v) is 2.42. The van der Waals surface area contributed by atoms with Crippen molar-refractivity contribution in [2.45, 2.75) is 19.4 Å². The Hall–Kier alpha value is -1.39. The van der Waals surface area contributed by atoms with Crippen LogP contribution in [0.5, 0.6) is 0 Å². The number of hydrogen-bond acceptors (Lipinski definition) is 3. The molecule has 92 valence electrons. The van der Waals surface area contributed by atoms with Gasteiger partial charge in [-0.25, -0.2) is 5.01 Å². The van der Waals surface area contributed by atoms with E-state index in [9.17, 15) is 4.79 Å². The van der Waals surface area contributed by atoms with Crippen LogP contribution in [0.1, 0.15) is 24.9 Å². The summed E-state index contributed by atoms with van der Waals surface area (Å²) in [4.78, 5) is 11.9. The zero-order chi connectivity index (χ0) is 12.3. The summed E-state index contributed by atoms with van der Waals surface area (Å²) in [5.74, 6) is 0.172. The van der Waals surface area contributed by atoms with Crippen LogP contribution in [0.15, 0.2) is 30.3 Å². The molecule has 1 amide bonds. The predicted octanol–water partition coefficient (Wildman–Crippen LogP) is 1.16. The molecule has 1 heterocycles. The van der Waals surface area contributed by atoms with Crippen molar-refractivity contribution in [1.29, 1.82) is 0 Å². The average molecular weight is 233 g/mol. The van der Waals surface area contributed by atoms with Crippen molar-refractivity contribution in [3.05, 3.63) is 35.9 Å². The Morgan fingerprint density at radius 3 is 2.65 bits per heavy atom. The second kappa shape index (κ2) is 5.29. The van der Waals surface area contributed by atoms with Gasteiger partial charge in [-0.3, -0.25) is 9.80 Å². The number of nitrogens with zero attached hydrogens (tertiary/aromatic N) is 2. The molecule has 0 radical (unpaired) electrons. The van der Waals surface area contributed by atoms with E-state index in [1.807, 2.05) is 18.2 Å². The molecule has 0 aliphatic carbocycles. The smallest absolute Gasteiger partial charge is 0.238 e. The number of carbonyl (C=O) groups is 1. The van der Waals surface area contributed by atoms with Gasteiger partial charge in [0.05, 0.1) is 6.04 Å². The molecule has 0 bridgehead atoms. The molecule has 0 saturated carbocycles. The highest BCUT2D eigenvalue weighted by molar-refractivity contribution is 5.78. The standard InChI is InChI=1S/C13H19N3O/c1-2-15-12(11-6-4-3-5-7-11)10-13(17)16(15)9-8-14/h3-7,12H,2,8-10,14H2,1H3. The normalized spacial score (nSPS) is 21.2. The fraction of sp³-hybridized carbons (Fsp3) is 0.462. The second-order valence-electron chi connectivity index (χ2n) is 4.19. The maximum atomic E-state index is 11.9. The first-order chi connectivity index (χ1) is 8.27. The molecule has 1 fully saturated rings. The van der Waals surface area contributed by atoms with Gasteiger partial charge >= 0.3 is 0 Å². The highest BCUT2D eigenvalue weighted by atomic mass is 16.2. The number of hydrogen-bond donors (Lipinski definition) is 1. The summed E-state index contributed by atoms with van der Waals surface area (Å²) in [5, 5.41) is 3.90. The lowest BCUT2D eigenvalue weighted by atomic mass is 10.0. The van der Waals surface area contributed by atoms with Gasteiger partial charge in [-0.05, 0) is 5.56 Å². The average Bonchev–Trinajstić information content (AvgIpc) is 2.68. The maximum absolute atomic E-state index is 11.9. The van der Waals surface area contributed by atoms with Crippen LogP contribution in [0.25, 0.3) is 0 Å². The van der Waals surface area contributed by atoms with Crippen molar-refractivity contribution in [3.8, 4) is 0 Å². The summed E-state index contributed by atoms with van der Waals surface area (Å²) in [7, 11) is 0. The molecule has 1 atom stereocenters. The Labute approximate surface area is 102 Å². The van der Waals surface area contributed by atoms with Crippen LogP contribution in [0, 0.1) is 0 Å². The highest BCUT2D eigenvalue weighted by Gasteiger charge is 2.36. The highest BCUT2D eigenvalue weighted by Crippen LogP contribution is 2.32. The van der Waals surface area contributed by atoms with Crippen LogP contribution < -0.4 is 5.73 Å². The zero-order valence-electron chi connectivity index (χ0n) is 10.2. The number of rotatable bonds is 4. The molecule has 17 heavy (non-hydrogen) atoms. The number of nitrogens with two attached hydrogens (primary N) is 1. The Bertz CT molecular complexity index is 380. The van der Waals surface area contributed by atoms with Crippen LogP contribution in [-0.4, -0.2) is 35.6 Å². The molecule has 1 aliphatic rings. The molecule has 1 aromatic rings. The van der Waals surface area contributed by atoms with Gasteiger partial charge in [0, 0.05) is 26.1 Å². The first-order valence-electron chi connectivity index (χ1n) is 6.09. The minimum absolute atomic E-state index is 0.167. The quantitative estimate of drug-likeness (QED) is 0.849. The van der Waals surface area contributed by atoms with Crippen molar-refractivity contribution in [2.75, 3.05) is 19.6 Å². The molecule has 1 saturated heterocycles. The van der Waals surface area contributed by atoms with Crippen molar-refractivity contribution in [1.82, 2.24) is 10.0 Å². The van der Waals surface area contributed by atoms with Crippen molar-refractivity contribution in [2.24, 2.45) is 5.73 Å². The Morgan fingerprint density at radius 1 is 1.35 bits per heavy atom. The lowest BCUT2D eigenvalue weighted by Crippen LogP contribution is -2.42. The number of benzene rings is 1. The Balaban J connectivity index is 2.22. The van der Waals surface area contributed by atoms with E-state index in [2.05, 4.69) is 24.1 Å². The fourth-order valence-electron chi connectivity index (χ4n) is 2.42. The third-order valence-corrected chi connectivity index (χ3v) is 3.17. The van der Waals surface area contributed by atoms with Crippen molar-refractivity contribution >= 4 is 5.91 Å². The van der Waals surface area contributed by atoms with Gasteiger partial charge in [0.1, 0.15) is 0 Å². The second-order valence-corrected chi connectivity index (χ2v) is 4.19. The molecule has 2 N–H and O–H groups in total. The minimum Gasteiger partial charge on any atom is -0.329 e. The van der Waals surface area contributed by atoms with E-state index in [4.69, 9.17) is 5.73 Å². The summed E-state index contributed by atoms with van der Waals surface area (Å²) < 4.78 is 0. The van der Waals surface area contributed by atoms with Gasteiger partial charge in [0.2, 0.25) is 5.91 Å². The molecule has 0 aromatic heterocycles. The van der Waals surface area contributed by atoms with Crippen LogP contribution in [0.3, 0.4) is 0 Å². The first kappa shape index (κ1) is 12.1. The van der Waals surface area contributed by atoms with E-state index < -0.39 is 0 Å². The molecular weight excluding hydrogens is 214 g/mol. The van der Waals surface area contributed by atoms with Gasteiger partial charge < -0.3 is 5.73 Å². The van der Waals surface area contributed by atoms with E-state index in [0.29, 0.717) is 19.5 Å². The Kier molecular flexibility index (Phi) is 3.76. The summed E-state index contributed by atoms with van der Waals surface area (Å²) in [6, 6.07) is 10.3. The molecule has 2 rings (SSSR count). The summed E-state index contributed by atoms with van der Waals surface area (Å²) in [6.07, 6.45) is 0.553. The first-order valence-corrected chi connectivity index (χ1v) is 6.09. The molecule has 0 spiro atoms. The lowest BCUT2D eigenvalue weighted by Gasteiger charge is -2.30. The van der Waals surface area contributed by atoms with E-state index in [-0.39, 0.29) is 11.9 Å². The van der Waals surface area contributed by atoms with E-state index in [1.54, 1.807) is 5.01 Å². The monoisotopic (exact) mass is 233 g/mol.